The normalized spacial score (nSPS) is 11.0. The van der Waals surface area contributed by atoms with E-state index in [9.17, 15) is 8.78 Å². The molecule has 0 aliphatic carbocycles. The zero-order chi connectivity index (χ0) is 13.8. The molecule has 0 saturated carbocycles. The van der Waals surface area contributed by atoms with Crippen LogP contribution in [0.2, 0.25) is 0 Å². The molecule has 0 N–H and O–H groups in total. The van der Waals surface area contributed by atoms with Crippen LogP contribution in [-0.2, 0) is 6.54 Å². The summed E-state index contributed by atoms with van der Waals surface area (Å²) in [6, 6.07) is 11.9. The van der Waals surface area contributed by atoms with Gasteiger partial charge in [-0.2, -0.15) is 0 Å². The minimum atomic E-state index is -0.814. The van der Waals surface area contributed by atoms with Gasteiger partial charge in [0.15, 0.2) is 11.6 Å². The standard InChI is InChI=1S/C15H15F2NS/c1-18(2)10-11-5-3-4-6-15(11)19-12-7-8-13(16)14(17)9-12/h3-9H,10H2,1-2H3. The molecule has 0 radical (unpaired) electrons. The van der Waals surface area contributed by atoms with E-state index in [1.165, 1.54) is 23.4 Å². The molecule has 0 saturated heterocycles. The van der Waals surface area contributed by atoms with E-state index in [1.54, 1.807) is 6.07 Å². The molecule has 2 aromatic carbocycles. The van der Waals surface area contributed by atoms with Gasteiger partial charge in [0.25, 0.3) is 0 Å². The van der Waals surface area contributed by atoms with Crippen molar-refractivity contribution in [3.8, 4) is 0 Å². The Morgan fingerprint density at radius 3 is 2.42 bits per heavy atom. The first-order valence-corrected chi connectivity index (χ1v) is 6.73. The predicted molar refractivity (Wildman–Crippen MR) is 74.3 cm³/mol. The maximum absolute atomic E-state index is 13.2. The molecule has 4 heteroatoms. The van der Waals surface area contributed by atoms with Crippen molar-refractivity contribution < 1.29 is 8.78 Å². The molecule has 0 aliphatic heterocycles. The minimum absolute atomic E-state index is 0.699. The number of rotatable bonds is 4. The monoisotopic (exact) mass is 279 g/mol. The Morgan fingerprint density at radius 1 is 1.00 bits per heavy atom. The van der Waals surface area contributed by atoms with Gasteiger partial charge >= 0.3 is 0 Å². The summed E-state index contributed by atoms with van der Waals surface area (Å²) in [6.45, 7) is 0.812. The molecular formula is C15H15F2NS. The zero-order valence-electron chi connectivity index (χ0n) is 10.9. The topological polar surface area (TPSA) is 3.24 Å². The van der Waals surface area contributed by atoms with Crippen LogP contribution < -0.4 is 0 Å². The Bertz CT molecular complexity index is 570. The number of hydrogen-bond acceptors (Lipinski definition) is 2. The third-order valence-corrected chi connectivity index (χ3v) is 3.69. The van der Waals surface area contributed by atoms with Gasteiger partial charge in [-0.05, 0) is 43.9 Å². The van der Waals surface area contributed by atoms with E-state index in [-0.39, 0.29) is 0 Å². The molecule has 0 unspecified atom stereocenters. The molecule has 0 fully saturated rings. The lowest BCUT2D eigenvalue weighted by Gasteiger charge is -2.13. The fraction of sp³-hybridized carbons (Fsp3) is 0.200. The molecule has 19 heavy (non-hydrogen) atoms. The van der Waals surface area contributed by atoms with Gasteiger partial charge in [-0.25, -0.2) is 8.78 Å². The molecule has 1 nitrogen and oxygen atoms in total. The molecular weight excluding hydrogens is 264 g/mol. The average molecular weight is 279 g/mol. The molecule has 0 heterocycles. The van der Waals surface area contributed by atoms with Crippen molar-refractivity contribution in [1.29, 1.82) is 0 Å². The molecule has 100 valence electrons. The van der Waals surface area contributed by atoms with Gasteiger partial charge in [0.05, 0.1) is 0 Å². The van der Waals surface area contributed by atoms with Crippen LogP contribution in [0.5, 0.6) is 0 Å². The van der Waals surface area contributed by atoms with E-state index in [1.807, 2.05) is 38.4 Å². The van der Waals surface area contributed by atoms with Crippen LogP contribution in [0.15, 0.2) is 52.3 Å². The first-order chi connectivity index (χ1) is 9.06. The predicted octanol–water partition coefficient (Wildman–Crippen LogP) is 4.18. The molecule has 0 aromatic heterocycles. The average Bonchev–Trinajstić information content (AvgIpc) is 2.36. The van der Waals surface area contributed by atoms with Gasteiger partial charge in [0, 0.05) is 16.3 Å². The number of hydrogen-bond donors (Lipinski definition) is 0. The quantitative estimate of drug-likeness (QED) is 0.826. The molecule has 0 bridgehead atoms. The van der Waals surface area contributed by atoms with Crippen molar-refractivity contribution in [3.63, 3.8) is 0 Å². The van der Waals surface area contributed by atoms with Crippen LogP contribution >= 0.6 is 11.8 Å². The summed E-state index contributed by atoms with van der Waals surface area (Å²) in [7, 11) is 4.00. The van der Waals surface area contributed by atoms with Crippen LogP contribution in [0.25, 0.3) is 0 Å². The molecule has 0 spiro atoms. The zero-order valence-corrected chi connectivity index (χ0v) is 11.7. The molecule has 0 amide bonds. The number of halogens is 2. The molecule has 0 aliphatic rings. The molecule has 0 atom stereocenters. The fourth-order valence-electron chi connectivity index (χ4n) is 1.74. The largest absolute Gasteiger partial charge is 0.305 e. The first-order valence-electron chi connectivity index (χ1n) is 5.92. The highest BCUT2D eigenvalue weighted by Gasteiger charge is 2.07. The second kappa shape index (κ2) is 6.17. The van der Waals surface area contributed by atoms with E-state index in [0.29, 0.717) is 4.90 Å². The van der Waals surface area contributed by atoms with E-state index in [2.05, 4.69) is 4.90 Å². The summed E-state index contributed by atoms with van der Waals surface area (Å²) in [5, 5.41) is 0. The van der Waals surface area contributed by atoms with Crippen LogP contribution in [0.3, 0.4) is 0 Å². The minimum Gasteiger partial charge on any atom is -0.305 e. The van der Waals surface area contributed by atoms with Crippen LogP contribution in [-0.4, -0.2) is 19.0 Å². The summed E-state index contributed by atoms with van der Waals surface area (Å²) < 4.78 is 26.1. The van der Waals surface area contributed by atoms with Crippen molar-refractivity contribution in [3.05, 3.63) is 59.7 Å². The van der Waals surface area contributed by atoms with E-state index < -0.39 is 11.6 Å². The van der Waals surface area contributed by atoms with Gasteiger partial charge in [0.1, 0.15) is 0 Å². The van der Waals surface area contributed by atoms with E-state index >= 15 is 0 Å². The van der Waals surface area contributed by atoms with Crippen LogP contribution in [0, 0.1) is 11.6 Å². The van der Waals surface area contributed by atoms with E-state index in [4.69, 9.17) is 0 Å². The summed E-state index contributed by atoms with van der Waals surface area (Å²) in [6.07, 6.45) is 0. The van der Waals surface area contributed by atoms with Crippen molar-refractivity contribution in [2.24, 2.45) is 0 Å². The summed E-state index contributed by atoms with van der Waals surface area (Å²) in [4.78, 5) is 3.83. The van der Waals surface area contributed by atoms with Crippen molar-refractivity contribution in [1.82, 2.24) is 4.90 Å². The van der Waals surface area contributed by atoms with Crippen molar-refractivity contribution in [2.45, 2.75) is 16.3 Å². The van der Waals surface area contributed by atoms with E-state index in [0.717, 1.165) is 17.5 Å². The third-order valence-electron chi connectivity index (χ3n) is 2.58. The number of benzene rings is 2. The molecule has 2 aromatic rings. The summed E-state index contributed by atoms with van der Waals surface area (Å²) >= 11 is 1.45. The maximum Gasteiger partial charge on any atom is 0.159 e. The van der Waals surface area contributed by atoms with Crippen molar-refractivity contribution >= 4 is 11.8 Å². The summed E-state index contributed by atoms with van der Waals surface area (Å²) in [5.74, 6) is -1.62. The second-order valence-corrected chi connectivity index (χ2v) is 5.64. The van der Waals surface area contributed by atoms with Gasteiger partial charge in [0.2, 0.25) is 0 Å². The highest BCUT2D eigenvalue weighted by atomic mass is 32.2. The van der Waals surface area contributed by atoms with Gasteiger partial charge in [-0.15, -0.1) is 0 Å². The van der Waals surface area contributed by atoms with Crippen LogP contribution in [0.1, 0.15) is 5.56 Å². The smallest absolute Gasteiger partial charge is 0.159 e. The van der Waals surface area contributed by atoms with Crippen LogP contribution in [0.4, 0.5) is 8.78 Å². The highest BCUT2D eigenvalue weighted by Crippen LogP contribution is 2.31. The molecule has 2 rings (SSSR count). The summed E-state index contributed by atoms with van der Waals surface area (Å²) in [5.41, 5.74) is 1.17. The second-order valence-electron chi connectivity index (χ2n) is 4.52. The van der Waals surface area contributed by atoms with Gasteiger partial charge in [-0.1, -0.05) is 30.0 Å². The Labute approximate surface area is 116 Å². The Morgan fingerprint density at radius 2 is 1.74 bits per heavy atom. The Hall–Kier alpha value is -1.39. The highest BCUT2D eigenvalue weighted by molar-refractivity contribution is 7.99. The first kappa shape index (κ1) is 14.0. The maximum atomic E-state index is 13.2. The fourth-order valence-corrected chi connectivity index (χ4v) is 2.70. The Kier molecular flexibility index (Phi) is 4.56. The number of nitrogens with zero attached hydrogens (tertiary/aromatic N) is 1. The SMILES string of the molecule is CN(C)Cc1ccccc1Sc1ccc(F)c(F)c1. The Balaban J connectivity index is 2.25. The van der Waals surface area contributed by atoms with Crippen molar-refractivity contribution in [2.75, 3.05) is 14.1 Å². The third kappa shape index (κ3) is 3.78. The van der Waals surface area contributed by atoms with Gasteiger partial charge in [-0.3, -0.25) is 0 Å². The lowest BCUT2D eigenvalue weighted by atomic mass is 10.2. The lowest BCUT2D eigenvalue weighted by molar-refractivity contribution is 0.399. The van der Waals surface area contributed by atoms with Gasteiger partial charge < -0.3 is 4.90 Å². The lowest BCUT2D eigenvalue weighted by Crippen LogP contribution is -2.11.